The van der Waals surface area contributed by atoms with Crippen LogP contribution in [0, 0.1) is 32.8 Å². The Morgan fingerprint density at radius 2 is 1.79 bits per heavy atom. The number of ether oxygens (including phenoxy) is 3. The predicted molar refractivity (Wildman–Crippen MR) is 250 cm³/mol. The Hall–Kier alpha value is -6.26. The van der Waals surface area contributed by atoms with E-state index in [0.29, 0.717) is 61.9 Å². The van der Waals surface area contributed by atoms with Gasteiger partial charge in [-0.2, -0.15) is 10.2 Å². The van der Waals surface area contributed by atoms with Gasteiger partial charge in [0.2, 0.25) is 5.88 Å². The number of aromatic amines is 1. The van der Waals surface area contributed by atoms with Crippen LogP contribution in [0.2, 0.25) is 0 Å². The average molecular weight is 928 g/mol. The molecular formula is C49H53N9O8S. The Bertz CT molecular complexity index is 2880. The van der Waals surface area contributed by atoms with E-state index in [1.807, 2.05) is 47.4 Å². The number of nitrogens with zero attached hydrogens (tertiary/aromatic N) is 6. The summed E-state index contributed by atoms with van der Waals surface area (Å²) in [6, 6.07) is 23.8. The van der Waals surface area contributed by atoms with Crippen molar-refractivity contribution in [2.45, 2.75) is 80.5 Å². The number of hydrogen-bond donors (Lipinski definition) is 3. The quantitative estimate of drug-likeness (QED) is 0.0886. The number of hydrogen-bond acceptors (Lipinski definition) is 14. The molecule has 5 fully saturated rings. The third-order valence-electron chi connectivity index (χ3n) is 15.2. The highest BCUT2D eigenvalue weighted by molar-refractivity contribution is 7.90. The molecule has 67 heavy (non-hydrogen) atoms. The molecule has 18 heteroatoms. The zero-order valence-electron chi connectivity index (χ0n) is 37.1. The molecule has 3 N–H and O–H groups in total. The van der Waals surface area contributed by atoms with Crippen molar-refractivity contribution >= 4 is 55.4 Å². The molecule has 6 aliphatic rings. The van der Waals surface area contributed by atoms with Crippen molar-refractivity contribution in [1.82, 2.24) is 19.6 Å². The number of fused-ring (bicyclic) bond motifs is 3. The summed E-state index contributed by atoms with van der Waals surface area (Å²) in [5, 5.41) is 26.1. The number of anilines is 4. The molecule has 348 valence electrons. The van der Waals surface area contributed by atoms with Gasteiger partial charge in [0.1, 0.15) is 23.1 Å². The number of pyridine rings is 1. The van der Waals surface area contributed by atoms with Crippen LogP contribution in [0.3, 0.4) is 0 Å². The molecule has 4 saturated heterocycles. The molecule has 5 aliphatic heterocycles. The Labute approximate surface area is 388 Å². The SMILES string of the molecule is N#Cc1ccccc1[C@@H]1CCCN1C1CC2(CCN(c3ccc(C(=O)NS(=O)(=O)c4ccc(NCC5CCOCC5)c([N+](=O)[O-])c4)c(N4c5cc6cc[nH]c6nc5O[C@@H]5COC[C@H]54)c3)CC2)C1. The first-order chi connectivity index (χ1) is 32.6. The molecular weight excluding hydrogens is 875 g/mol. The van der Waals surface area contributed by atoms with Gasteiger partial charge in [-0.15, -0.1) is 0 Å². The maximum atomic E-state index is 14.6. The molecule has 3 atom stereocenters. The molecule has 1 spiro atoms. The number of sulfonamides is 1. The maximum absolute atomic E-state index is 14.6. The Balaban J connectivity index is 0.869. The van der Waals surface area contributed by atoms with Gasteiger partial charge in [-0.25, -0.2) is 13.1 Å². The molecule has 0 bridgehead atoms. The molecule has 1 aliphatic carbocycles. The molecule has 7 heterocycles. The molecule has 3 aromatic carbocycles. The number of carbonyl (C=O) groups excluding carboxylic acids is 1. The van der Waals surface area contributed by atoms with E-state index in [2.05, 4.69) is 37.0 Å². The molecule has 2 aromatic heterocycles. The van der Waals surface area contributed by atoms with Crippen molar-refractivity contribution < 1.29 is 32.3 Å². The van der Waals surface area contributed by atoms with E-state index in [1.165, 1.54) is 12.1 Å². The lowest BCUT2D eigenvalue weighted by atomic mass is 9.59. The lowest BCUT2D eigenvalue weighted by Gasteiger charge is -2.56. The number of nitro benzene ring substituents is 1. The number of carbonyl (C=O) groups is 1. The number of likely N-dealkylation sites (tertiary alicyclic amines) is 1. The summed E-state index contributed by atoms with van der Waals surface area (Å²) in [6.07, 6.45) is 9.48. The van der Waals surface area contributed by atoms with E-state index in [4.69, 9.17) is 19.2 Å². The topological polar surface area (TPSA) is 208 Å². The van der Waals surface area contributed by atoms with Crippen molar-refractivity contribution in [2.75, 3.05) is 67.7 Å². The van der Waals surface area contributed by atoms with E-state index >= 15 is 0 Å². The van der Waals surface area contributed by atoms with E-state index in [-0.39, 0.29) is 34.7 Å². The standard InChI is InChI=1S/C49H53N9O8S/c50-27-33-4-1-2-5-37(33)40-6-3-17-56(40)35-25-49(26-35)14-18-55(19-15-49)34-7-9-38(41(23-34)57-43-22-32-11-16-51-46(32)53-48(43)66-45-30-65-29-44(45)57)47(59)54-67(62,63)36-8-10-39(42(24-36)58(60)61)52-28-31-12-20-64-21-13-31/h1-2,4-5,7-11,16,22-24,31,35,40,44-45,52H,3,6,12-15,17-21,25-26,28-30H2,(H,51,53)(H,54,59)/t40-,44+,45+/m0/s1. The fraction of sp³-hybridized carbons (Fsp3) is 0.449. The van der Waals surface area contributed by atoms with Gasteiger partial charge in [0, 0.05) is 68.3 Å². The van der Waals surface area contributed by atoms with Gasteiger partial charge in [-0.05, 0) is 123 Å². The van der Waals surface area contributed by atoms with Crippen LogP contribution in [-0.2, 0) is 19.5 Å². The van der Waals surface area contributed by atoms with Crippen LogP contribution in [0.15, 0.2) is 83.9 Å². The summed E-state index contributed by atoms with van der Waals surface area (Å²) in [5.74, 6) is -0.261. The van der Waals surface area contributed by atoms with Gasteiger partial charge in [-0.1, -0.05) is 18.2 Å². The number of nitrogens with one attached hydrogen (secondary N) is 3. The zero-order valence-corrected chi connectivity index (χ0v) is 37.9. The van der Waals surface area contributed by atoms with Crippen LogP contribution in [0.5, 0.6) is 5.88 Å². The highest BCUT2D eigenvalue weighted by atomic mass is 32.2. The minimum atomic E-state index is -4.60. The van der Waals surface area contributed by atoms with Crippen molar-refractivity contribution in [2.24, 2.45) is 11.3 Å². The van der Waals surface area contributed by atoms with Crippen molar-refractivity contribution in [3.05, 3.63) is 106 Å². The lowest BCUT2D eigenvalue weighted by Crippen LogP contribution is -2.55. The number of rotatable bonds is 11. The summed E-state index contributed by atoms with van der Waals surface area (Å²) in [5.41, 5.74) is 4.64. The van der Waals surface area contributed by atoms with Gasteiger partial charge in [0.25, 0.3) is 21.6 Å². The number of aromatic nitrogens is 2. The number of H-pyrrole nitrogens is 1. The first-order valence-electron chi connectivity index (χ1n) is 23.4. The van der Waals surface area contributed by atoms with Gasteiger partial charge in [0.15, 0.2) is 0 Å². The molecule has 11 rings (SSSR count). The first kappa shape index (κ1) is 43.3. The van der Waals surface area contributed by atoms with Crippen molar-refractivity contribution in [3.63, 3.8) is 0 Å². The van der Waals surface area contributed by atoms with Crippen molar-refractivity contribution in [1.29, 1.82) is 5.26 Å². The van der Waals surface area contributed by atoms with Crippen LogP contribution in [-0.4, -0.2) is 105 Å². The maximum Gasteiger partial charge on any atom is 0.293 e. The van der Waals surface area contributed by atoms with E-state index in [9.17, 15) is 28.6 Å². The van der Waals surface area contributed by atoms with Crippen LogP contribution in [0.25, 0.3) is 11.0 Å². The molecule has 0 unspecified atom stereocenters. The monoisotopic (exact) mass is 927 g/mol. The third-order valence-corrected chi connectivity index (χ3v) is 16.5. The van der Waals surface area contributed by atoms with Crippen molar-refractivity contribution in [3.8, 4) is 11.9 Å². The highest BCUT2D eigenvalue weighted by Gasteiger charge is 2.50. The number of nitriles is 1. The second kappa shape index (κ2) is 17.4. The van der Waals surface area contributed by atoms with Gasteiger partial charge in [0.05, 0.1) is 52.0 Å². The molecule has 5 aromatic rings. The van der Waals surface area contributed by atoms with Gasteiger partial charge in [-0.3, -0.25) is 19.8 Å². The Morgan fingerprint density at radius 1 is 0.970 bits per heavy atom. The zero-order chi connectivity index (χ0) is 45.9. The second-order valence-electron chi connectivity index (χ2n) is 19.0. The minimum absolute atomic E-state index is 0.0951. The normalized spacial score (nSPS) is 23.0. The van der Waals surface area contributed by atoms with Crippen LogP contribution in [0.4, 0.5) is 28.4 Å². The van der Waals surface area contributed by atoms with Gasteiger partial charge < -0.3 is 34.3 Å². The number of nitro groups is 1. The second-order valence-corrected chi connectivity index (χ2v) is 20.7. The number of piperidine rings is 1. The summed E-state index contributed by atoms with van der Waals surface area (Å²) < 4.78 is 48.2. The molecule has 1 amide bonds. The molecule has 1 saturated carbocycles. The predicted octanol–water partition coefficient (Wildman–Crippen LogP) is 7.18. The summed E-state index contributed by atoms with van der Waals surface area (Å²) >= 11 is 0. The molecule has 0 radical (unpaired) electrons. The lowest BCUT2D eigenvalue weighted by molar-refractivity contribution is -0.384. The van der Waals surface area contributed by atoms with Gasteiger partial charge >= 0.3 is 0 Å². The summed E-state index contributed by atoms with van der Waals surface area (Å²) in [6.45, 7) is 5.00. The largest absolute Gasteiger partial charge is 0.468 e. The van der Waals surface area contributed by atoms with Crippen LogP contribution < -0.4 is 24.6 Å². The smallest absolute Gasteiger partial charge is 0.293 e. The van der Waals surface area contributed by atoms with E-state index in [0.717, 1.165) is 99.3 Å². The molecule has 17 nitrogen and oxygen atoms in total. The fourth-order valence-electron chi connectivity index (χ4n) is 11.5. The fourth-order valence-corrected chi connectivity index (χ4v) is 12.5. The third kappa shape index (κ3) is 8.11. The van der Waals surface area contributed by atoms with E-state index < -0.39 is 37.5 Å². The van der Waals surface area contributed by atoms with Crippen LogP contribution in [0.1, 0.15) is 78.9 Å². The van der Waals surface area contributed by atoms with E-state index in [1.54, 1.807) is 12.3 Å². The summed E-state index contributed by atoms with van der Waals surface area (Å²) in [7, 11) is -4.60. The van der Waals surface area contributed by atoms with Crippen LogP contribution >= 0.6 is 0 Å². The highest BCUT2D eigenvalue weighted by Crippen LogP contribution is 2.54. The average Bonchev–Trinajstić information content (AvgIpc) is 4.13. The number of amides is 1. The minimum Gasteiger partial charge on any atom is -0.468 e. The summed E-state index contributed by atoms with van der Waals surface area (Å²) in [4.78, 5) is 40.7. The Kier molecular flexibility index (Phi) is 11.3. The Morgan fingerprint density at radius 3 is 2.60 bits per heavy atom. The first-order valence-corrected chi connectivity index (χ1v) is 24.9. The number of benzene rings is 3.